The fourth-order valence-electron chi connectivity index (χ4n) is 1.49. The van der Waals surface area contributed by atoms with Gasteiger partial charge in [0, 0.05) is 12.2 Å². The minimum Gasteiger partial charge on any atom is -0.480 e. The molecule has 0 aliphatic rings. The topological polar surface area (TPSA) is 40.5 Å². The lowest BCUT2D eigenvalue weighted by molar-refractivity contribution is -0.135. The zero-order valence-electron chi connectivity index (χ0n) is 9.23. The zero-order chi connectivity index (χ0) is 11.3. The largest absolute Gasteiger partial charge is 0.480 e. The smallest absolute Gasteiger partial charge is 0.323 e. The second kappa shape index (κ2) is 5.39. The highest BCUT2D eigenvalue weighted by atomic mass is 16.4. The fourth-order valence-corrected chi connectivity index (χ4v) is 1.49. The summed E-state index contributed by atoms with van der Waals surface area (Å²) in [6.07, 6.45) is 1.01. The minimum absolute atomic E-state index is 0.0575. The van der Waals surface area contributed by atoms with Crippen LogP contribution in [-0.2, 0) is 11.2 Å². The van der Waals surface area contributed by atoms with Gasteiger partial charge in [-0.05, 0) is 31.0 Å². The van der Waals surface area contributed by atoms with Gasteiger partial charge in [-0.2, -0.15) is 0 Å². The molecule has 0 heterocycles. The normalized spacial score (nSPS) is 10.0. The van der Waals surface area contributed by atoms with Gasteiger partial charge in [0.2, 0.25) is 0 Å². The first-order valence-corrected chi connectivity index (χ1v) is 5.23. The van der Waals surface area contributed by atoms with E-state index >= 15 is 0 Å². The lowest BCUT2D eigenvalue weighted by Gasteiger charge is -2.20. The van der Waals surface area contributed by atoms with Crippen LogP contribution in [-0.4, -0.2) is 24.2 Å². The van der Waals surface area contributed by atoms with Crippen molar-refractivity contribution in [3.63, 3.8) is 0 Å². The van der Waals surface area contributed by atoms with Crippen molar-refractivity contribution in [3.8, 4) is 0 Å². The molecule has 1 rings (SSSR count). The van der Waals surface area contributed by atoms with Crippen LogP contribution in [0.2, 0.25) is 0 Å². The number of benzene rings is 1. The third-order valence-electron chi connectivity index (χ3n) is 2.42. The van der Waals surface area contributed by atoms with Gasteiger partial charge in [-0.1, -0.05) is 19.1 Å². The van der Waals surface area contributed by atoms with Crippen molar-refractivity contribution in [3.05, 3.63) is 29.8 Å². The Balaban J connectivity index is 2.78. The van der Waals surface area contributed by atoms with E-state index < -0.39 is 5.97 Å². The highest BCUT2D eigenvalue weighted by Gasteiger charge is 2.07. The molecular formula is C12H17NO2. The first-order chi connectivity index (χ1) is 7.17. The van der Waals surface area contributed by atoms with E-state index in [0.29, 0.717) is 6.54 Å². The van der Waals surface area contributed by atoms with Gasteiger partial charge in [-0.15, -0.1) is 0 Å². The maximum atomic E-state index is 10.6. The van der Waals surface area contributed by atoms with Crippen molar-refractivity contribution in [2.75, 3.05) is 18.0 Å². The molecule has 1 aromatic rings. The summed E-state index contributed by atoms with van der Waals surface area (Å²) in [5.41, 5.74) is 2.24. The van der Waals surface area contributed by atoms with Crippen molar-refractivity contribution in [2.45, 2.75) is 20.3 Å². The van der Waals surface area contributed by atoms with Crippen molar-refractivity contribution in [2.24, 2.45) is 0 Å². The van der Waals surface area contributed by atoms with Crippen LogP contribution in [0.3, 0.4) is 0 Å². The Kier molecular flexibility index (Phi) is 4.16. The first kappa shape index (κ1) is 11.6. The molecule has 0 saturated heterocycles. The average Bonchev–Trinajstić information content (AvgIpc) is 2.26. The van der Waals surface area contributed by atoms with Crippen LogP contribution >= 0.6 is 0 Å². The summed E-state index contributed by atoms with van der Waals surface area (Å²) < 4.78 is 0. The highest BCUT2D eigenvalue weighted by molar-refractivity contribution is 5.73. The van der Waals surface area contributed by atoms with Crippen LogP contribution in [0.1, 0.15) is 19.4 Å². The molecule has 0 bridgehead atoms. The van der Waals surface area contributed by atoms with Crippen molar-refractivity contribution >= 4 is 11.7 Å². The van der Waals surface area contributed by atoms with E-state index in [4.69, 9.17) is 5.11 Å². The fraction of sp³-hybridized carbons (Fsp3) is 0.417. The van der Waals surface area contributed by atoms with Gasteiger partial charge < -0.3 is 10.0 Å². The summed E-state index contributed by atoms with van der Waals surface area (Å²) in [6, 6.07) is 8.04. The van der Waals surface area contributed by atoms with Gasteiger partial charge in [-0.3, -0.25) is 4.79 Å². The Morgan fingerprint density at radius 1 is 1.27 bits per heavy atom. The van der Waals surface area contributed by atoms with Gasteiger partial charge in [0.15, 0.2) is 0 Å². The number of nitrogens with zero attached hydrogens (tertiary/aromatic N) is 1. The predicted octanol–water partition coefficient (Wildman–Crippen LogP) is 2.16. The number of anilines is 1. The summed E-state index contributed by atoms with van der Waals surface area (Å²) in [4.78, 5) is 12.5. The molecular weight excluding hydrogens is 190 g/mol. The summed E-state index contributed by atoms with van der Waals surface area (Å²) >= 11 is 0. The van der Waals surface area contributed by atoms with Crippen LogP contribution in [0.5, 0.6) is 0 Å². The lowest BCUT2D eigenvalue weighted by atomic mass is 10.1. The van der Waals surface area contributed by atoms with Gasteiger partial charge in [0.25, 0.3) is 0 Å². The number of hydrogen-bond acceptors (Lipinski definition) is 2. The summed E-state index contributed by atoms with van der Waals surface area (Å²) in [5, 5.41) is 8.74. The minimum atomic E-state index is -0.795. The third-order valence-corrected chi connectivity index (χ3v) is 2.42. The Bertz CT molecular complexity index is 319. The predicted molar refractivity (Wildman–Crippen MR) is 61.3 cm³/mol. The molecule has 0 atom stereocenters. The molecule has 0 saturated carbocycles. The highest BCUT2D eigenvalue weighted by Crippen LogP contribution is 2.15. The molecule has 0 fully saturated rings. The lowest BCUT2D eigenvalue weighted by Crippen LogP contribution is -2.29. The molecule has 0 unspecified atom stereocenters. The number of carboxylic acid groups (broad SMARTS) is 1. The Morgan fingerprint density at radius 3 is 2.27 bits per heavy atom. The number of likely N-dealkylation sites (N-methyl/N-ethyl adjacent to an activating group) is 1. The number of carboxylic acids is 1. The van der Waals surface area contributed by atoms with Crippen LogP contribution in [0, 0.1) is 0 Å². The monoisotopic (exact) mass is 207 g/mol. The molecule has 3 heteroatoms. The second-order valence-electron chi connectivity index (χ2n) is 3.43. The SMILES string of the molecule is CCc1ccc(N(CC)CC(=O)O)cc1. The maximum absolute atomic E-state index is 10.6. The Hall–Kier alpha value is -1.51. The molecule has 0 aliphatic heterocycles. The quantitative estimate of drug-likeness (QED) is 0.804. The molecule has 1 N–H and O–H groups in total. The summed E-state index contributed by atoms with van der Waals surface area (Å²) in [6.45, 7) is 4.82. The molecule has 15 heavy (non-hydrogen) atoms. The first-order valence-electron chi connectivity index (χ1n) is 5.23. The molecule has 0 aliphatic carbocycles. The van der Waals surface area contributed by atoms with Crippen molar-refractivity contribution < 1.29 is 9.90 Å². The Morgan fingerprint density at radius 2 is 1.87 bits per heavy atom. The molecule has 0 spiro atoms. The van der Waals surface area contributed by atoms with Crippen molar-refractivity contribution in [1.82, 2.24) is 0 Å². The van der Waals surface area contributed by atoms with Crippen LogP contribution in [0.15, 0.2) is 24.3 Å². The van der Waals surface area contributed by atoms with E-state index in [1.54, 1.807) is 0 Å². The molecule has 1 aromatic carbocycles. The van der Waals surface area contributed by atoms with Crippen LogP contribution < -0.4 is 4.90 Å². The van der Waals surface area contributed by atoms with E-state index in [1.807, 2.05) is 36.1 Å². The number of aliphatic carboxylic acids is 1. The number of aryl methyl sites for hydroxylation is 1. The molecule has 82 valence electrons. The van der Waals surface area contributed by atoms with Gasteiger partial charge >= 0.3 is 5.97 Å². The van der Waals surface area contributed by atoms with Crippen LogP contribution in [0.25, 0.3) is 0 Å². The Labute approximate surface area is 90.3 Å². The summed E-state index contributed by atoms with van der Waals surface area (Å²) in [7, 11) is 0. The molecule has 0 amide bonds. The molecule has 0 radical (unpaired) electrons. The number of hydrogen-bond donors (Lipinski definition) is 1. The summed E-state index contributed by atoms with van der Waals surface area (Å²) in [5.74, 6) is -0.795. The van der Waals surface area contributed by atoms with E-state index in [9.17, 15) is 4.79 Å². The molecule has 0 aromatic heterocycles. The maximum Gasteiger partial charge on any atom is 0.323 e. The van der Waals surface area contributed by atoms with Gasteiger partial charge in [0.1, 0.15) is 6.54 Å². The second-order valence-corrected chi connectivity index (χ2v) is 3.43. The van der Waals surface area contributed by atoms with Gasteiger partial charge in [-0.25, -0.2) is 0 Å². The van der Waals surface area contributed by atoms with E-state index in [2.05, 4.69) is 6.92 Å². The average molecular weight is 207 g/mol. The van der Waals surface area contributed by atoms with Crippen molar-refractivity contribution in [1.29, 1.82) is 0 Å². The third kappa shape index (κ3) is 3.27. The zero-order valence-corrected chi connectivity index (χ0v) is 9.23. The van der Waals surface area contributed by atoms with Crippen LogP contribution in [0.4, 0.5) is 5.69 Å². The van der Waals surface area contributed by atoms with E-state index in [1.165, 1.54) is 5.56 Å². The standard InChI is InChI=1S/C12H17NO2/c1-3-10-5-7-11(8-6-10)13(4-2)9-12(14)15/h5-8H,3-4,9H2,1-2H3,(H,14,15). The number of rotatable bonds is 5. The van der Waals surface area contributed by atoms with Gasteiger partial charge in [0.05, 0.1) is 0 Å². The van der Waals surface area contributed by atoms with E-state index in [-0.39, 0.29) is 6.54 Å². The van der Waals surface area contributed by atoms with E-state index in [0.717, 1.165) is 12.1 Å². The number of carbonyl (C=O) groups is 1. The molecule has 3 nitrogen and oxygen atoms in total.